The van der Waals surface area contributed by atoms with E-state index in [1.807, 2.05) is 0 Å². The summed E-state index contributed by atoms with van der Waals surface area (Å²) in [5.41, 5.74) is -0.757. The van der Waals surface area contributed by atoms with Crippen LogP contribution >= 0.6 is 11.6 Å². The summed E-state index contributed by atoms with van der Waals surface area (Å²) in [4.78, 5) is 12.7. The van der Waals surface area contributed by atoms with Gasteiger partial charge in [0.05, 0.1) is 11.3 Å². The molecule has 1 amide bonds. The molecule has 3 nitrogen and oxygen atoms in total. The molecule has 0 heterocycles. The average Bonchev–Trinajstić information content (AvgIpc) is 2.38. The third-order valence-electron chi connectivity index (χ3n) is 2.65. The van der Waals surface area contributed by atoms with Gasteiger partial charge in [-0.1, -0.05) is 12.1 Å². The number of hydrogen-bond acceptors (Lipinski definition) is 2. The van der Waals surface area contributed by atoms with Crippen LogP contribution in [-0.4, -0.2) is 25.1 Å². The average molecular weight is 310 g/mol. The number of alkyl halides is 4. The summed E-state index contributed by atoms with van der Waals surface area (Å²) >= 11 is 5.47. The van der Waals surface area contributed by atoms with Crippen molar-refractivity contribution in [1.29, 1.82) is 0 Å². The van der Waals surface area contributed by atoms with Crippen LogP contribution in [-0.2, 0) is 15.7 Å². The first kappa shape index (κ1) is 16.8. The standard InChI is InChI=1S/C13H15ClF3NO2/c1-3-20-8-18(11(19)7-14)12-9(2)5-4-6-10(12)13(15,16)17/h4-6H,3,7-8H2,1-2H3. The normalized spacial score (nSPS) is 11.5. The van der Waals surface area contributed by atoms with Crippen LogP contribution in [0.3, 0.4) is 0 Å². The van der Waals surface area contributed by atoms with Gasteiger partial charge in [0.2, 0.25) is 5.91 Å². The SMILES string of the molecule is CCOCN(C(=O)CCl)c1c(C)cccc1C(F)(F)F. The minimum atomic E-state index is -4.56. The molecule has 0 N–H and O–H groups in total. The second-order valence-electron chi connectivity index (χ2n) is 4.05. The first-order valence-corrected chi connectivity index (χ1v) is 6.47. The number of hydrogen-bond donors (Lipinski definition) is 0. The van der Waals surface area contributed by atoms with Gasteiger partial charge in [-0.25, -0.2) is 0 Å². The topological polar surface area (TPSA) is 29.5 Å². The fourth-order valence-corrected chi connectivity index (χ4v) is 1.91. The molecule has 1 aromatic rings. The van der Waals surface area contributed by atoms with E-state index < -0.39 is 23.5 Å². The molecule has 1 aromatic carbocycles. The maximum Gasteiger partial charge on any atom is 0.418 e. The van der Waals surface area contributed by atoms with E-state index in [0.717, 1.165) is 11.0 Å². The van der Waals surface area contributed by atoms with Crippen LogP contribution in [0.25, 0.3) is 0 Å². The Labute approximate surface area is 120 Å². The van der Waals surface area contributed by atoms with Crippen molar-refractivity contribution in [1.82, 2.24) is 0 Å². The van der Waals surface area contributed by atoms with Gasteiger partial charge in [-0.2, -0.15) is 13.2 Å². The number of aryl methyl sites for hydroxylation is 1. The maximum absolute atomic E-state index is 13.1. The molecule has 0 unspecified atom stereocenters. The zero-order chi connectivity index (χ0) is 15.3. The molecule has 7 heteroatoms. The van der Waals surface area contributed by atoms with E-state index in [9.17, 15) is 18.0 Å². The van der Waals surface area contributed by atoms with E-state index in [4.69, 9.17) is 16.3 Å². The van der Waals surface area contributed by atoms with Gasteiger partial charge in [0.1, 0.15) is 12.6 Å². The fourth-order valence-electron chi connectivity index (χ4n) is 1.76. The van der Waals surface area contributed by atoms with Crippen molar-refractivity contribution in [3.05, 3.63) is 29.3 Å². The Morgan fingerprint density at radius 3 is 2.55 bits per heavy atom. The third-order valence-corrected chi connectivity index (χ3v) is 2.88. The molecule has 1 rings (SSSR count). The lowest BCUT2D eigenvalue weighted by Crippen LogP contribution is -2.36. The van der Waals surface area contributed by atoms with E-state index in [0.29, 0.717) is 5.56 Å². The molecule has 0 atom stereocenters. The lowest BCUT2D eigenvalue weighted by atomic mass is 10.1. The van der Waals surface area contributed by atoms with Crippen LogP contribution in [0.2, 0.25) is 0 Å². The lowest BCUT2D eigenvalue weighted by molar-refractivity contribution is -0.137. The fraction of sp³-hybridized carbons (Fsp3) is 0.462. The summed E-state index contributed by atoms with van der Waals surface area (Å²) in [5, 5.41) is 0. The third kappa shape index (κ3) is 3.86. The van der Waals surface area contributed by atoms with Crippen LogP contribution < -0.4 is 4.90 Å². The van der Waals surface area contributed by atoms with Crippen molar-refractivity contribution in [2.75, 3.05) is 24.1 Å². The minimum Gasteiger partial charge on any atom is -0.361 e. The molecule has 0 radical (unpaired) electrons. The van der Waals surface area contributed by atoms with E-state index >= 15 is 0 Å². The van der Waals surface area contributed by atoms with Crippen LogP contribution in [0.4, 0.5) is 18.9 Å². The highest BCUT2D eigenvalue weighted by Crippen LogP contribution is 2.38. The van der Waals surface area contributed by atoms with Gasteiger partial charge in [-0.05, 0) is 25.5 Å². The maximum atomic E-state index is 13.1. The van der Waals surface area contributed by atoms with Gasteiger partial charge in [0, 0.05) is 6.61 Å². The highest BCUT2D eigenvalue weighted by molar-refractivity contribution is 6.29. The lowest BCUT2D eigenvalue weighted by Gasteiger charge is -2.26. The Morgan fingerprint density at radius 1 is 1.40 bits per heavy atom. The van der Waals surface area contributed by atoms with Gasteiger partial charge < -0.3 is 4.74 Å². The Bertz CT molecular complexity index is 477. The van der Waals surface area contributed by atoms with Crippen LogP contribution in [0.1, 0.15) is 18.1 Å². The van der Waals surface area contributed by atoms with Crippen molar-refractivity contribution in [3.8, 4) is 0 Å². The van der Waals surface area contributed by atoms with Crippen LogP contribution in [0, 0.1) is 6.92 Å². The van der Waals surface area contributed by atoms with E-state index in [1.165, 1.54) is 19.1 Å². The number of nitrogens with zero attached hydrogens (tertiary/aromatic N) is 1. The molecule has 0 saturated carbocycles. The van der Waals surface area contributed by atoms with E-state index in [2.05, 4.69) is 0 Å². The highest BCUT2D eigenvalue weighted by atomic mass is 35.5. The number of anilines is 1. The molecule has 0 fully saturated rings. The largest absolute Gasteiger partial charge is 0.418 e. The summed E-state index contributed by atoms with van der Waals surface area (Å²) in [5.74, 6) is -1.06. The molecule has 0 aliphatic rings. The Balaban J connectivity index is 3.34. The number of carbonyl (C=O) groups is 1. The number of halogens is 4. The number of carbonyl (C=O) groups excluding carboxylic acids is 1. The number of rotatable bonds is 5. The number of ether oxygens (including phenoxy) is 1. The Kier molecular flexibility index (Phi) is 5.83. The Morgan fingerprint density at radius 2 is 2.05 bits per heavy atom. The molecule has 112 valence electrons. The molecule has 20 heavy (non-hydrogen) atoms. The second-order valence-corrected chi connectivity index (χ2v) is 4.31. The molecule has 0 aliphatic heterocycles. The smallest absolute Gasteiger partial charge is 0.361 e. The number of para-hydroxylation sites is 1. The second kappa shape index (κ2) is 6.95. The van der Waals surface area contributed by atoms with Crippen molar-refractivity contribution in [3.63, 3.8) is 0 Å². The zero-order valence-electron chi connectivity index (χ0n) is 11.1. The van der Waals surface area contributed by atoms with E-state index in [1.54, 1.807) is 6.92 Å². The Hall–Kier alpha value is -1.27. The van der Waals surface area contributed by atoms with Crippen molar-refractivity contribution in [2.24, 2.45) is 0 Å². The summed E-state index contributed by atoms with van der Waals surface area (Å²) in [6, 6.07) is 3.74. The van der Waals surface area contributed by atoms with Gasteiger partial charge in [-0.15, -0.1) is 11.6 Å². The first-order valence-electron chi connectivity index (χ1n) is 5.93. The summed E-state index contributed by atoms with van der Waals surface area (Å²) in [6.07, 6.45) is -4.56. The summed E-state index contributed by atoms with van der Waals surface area (Å²) in [6.45, 7) is 3.20. The molecule has 0 aromatic heterocycles. The zero-order valence-corrected chi connectivity index (χ0v) is 11.9. The predicted octanol–water partition coefficient (Wildman–Crippen LogP) is 3.58. The molecule has 0 saturated heterocycles. The predicted molar refractivity (Wildman–Crippen MR) is 70.9 cm³/mol. The summed E-state index contributed by atoms with van der Waals surface area (Å²) in [7, 11) is 0. The van der Waals surface area contributed by atoms with Crippen molar-refractivity contribution >= 4 is 23.2 Å². The molecule has 0 spiro atoms. The molecular formula is C13H15ClF3NO2. The van der Waals surface area contributed by atoms with E-state index in [-0.39, 0.29) is 19.0 Å². The monoisotopic (exact) mass is 309 g/mol. The molecular weight excluding hydrogens is 295 g/mol. The van der Waals surface area contributed by atoms with Crippen LogP contribution in [0.5, 0.6) is 0 Å². The highest BCUT2D eigenvalue weighted by Gasteiger charge is 2.36. The van der Waals surface area contributed by atoms with Crippen molar-refractivity contribution < 1.29 is 22.7 Å². The van der Waals surface area contributed by atoms with Gasteiger partial charge >= 0.3 is 6.18 Å². The first-order chi connectivity index (χ1) is 9.32. The minimum absolute atomic E-state index is 0.209. The quantitative estimate of drug-likeness (QED) is 0.614. The number of amides is 1. The van der Waals surface area contributed by atoms with Gasteiger partial charge in [0.15, 0.2) is 0 Å². The van der Waals surface area contributed by atoms with Gasteiger partial charge in [-0.3, -0.25) is 9.69 Å². The van der Waals surface area contributed by atoms with Crippen molar-refractivity contribution in [2.45, 2.75) is 20.0 Å². The summed E-state index contributed by atoms with van der Waals surface area (Å²) < 4.78 is 44.3. The molecule has 0 aliphatic carbocycles. The van der Waals surface area contributed by atoms with Gasteiger partial charge in [0.25, 0.3) is 0 Å². The number of benzene rings is 1. The van der Waals surface area contributed by atoms with Crippen LogP contribution in [0.15, 0.2) is 18.2 Å². The molecule has 0 bridgehead atoms.